The molecule has 0 bridgehead atoms. The second-order valence-corrected chi connectivity index (χ2v) is 9.37. The molecule has 180 valence electrons. The summed E-state index contributed by atoms with van der Waals surface area (Å²) in [4.78, 5) is 35.2. The van der Waals surface area contributed by atoms with Crippen molar-refractivity contribution in [3.05, 3.63) is 59.9 Å². The molecular formula is C26H32N4O4. The number of carbonyl (C=O) groups is 2. The molecule has 0 spiro atoms. The molecule has 3 fully saturated rings. The molecule has 3 amide bonds. The molecule has 8 heteroatoms. The number of hydrogen-bond donors (Lipinski definition) is 1. The van der Waals surface area contributed by atoms with Gasteiger partial charge in [0, 0.05) is 24.9 Å². The monoisotopic (exact) mass is 464 g/mol. The van der Waals surface area contributed by atoms with Crippen molar-refractivity contribution in [3.63, 3.8) is 0 Å². The van der Waals surface area contributed by atoms with Gasteiger partial charge in [-0.25, -0.2) is 4.79 Å². The van der Waals surface area contributed by atoms with Crippen molar-refractivity contribution >= 4 is 11.9 Å². The van der Waals surface area contributed by atoms with Crippen LogP contribution in [0, 0.1) is 5.92 Å². The third-order valence-corrected chi connectivity index (χ3v) is 7.40. The van der Waals surface area contributed by atoms with Gasteiger partial charge in [-0.1, -0.05) is 24.3 Å². The fourth-order valence-corrected chi connectivity index (χ4v) is 5.61. The minimum absolute atomic E-state index is 0.0396. The Balaban J connectivity index is 1.35. The topological polar surface area (TPSA) is 84.0 Å². The fraction of sp³-hybridized carbons (Fsp3) is 0.500. The zero-order valence-corrected chi connectivity index (χ0v) is 19.6. The first-order chi connectivity index (χ1) is 16.6. The molecule has 0 saturated carbocycles. The van der Waals surface area contributed by atoms with Gasteiger partial charge in [-0.3, -0.25) is 19.6 Å². The number of ether oxygens (including phenoxy) is 2. The summed E-state index contributed by atoms with van der Waals surface area (Å²) in [5.41, 5.74) is 0.634. The number of imide groups is 1. The Labute approximate surface area is 200 Å². The van der Waals surface area contributed by atoms with Crippen LogP contribution in [0.15, 0.2) is 48.7 Å². The van der Waals surface area contributed by atoms with E-state index in [1.807, 2.05) is 36.4 Å². The van der Waals surface area contributed by atoms with Crippen molar-refractivity contribution in [2.45, 2.75) is 43.9 Å². The Morgan fingerprint density at radius 3 is 2.62 bits per heavy atom. The Morgan fingerprint density at radius 2 is 1.91 bits per heavy atom. The van der Waals surface area contributed by atoms with Crippen molar-refractivity contribution in [3.8, 4) is 5.75 Å². The minimum Gasteiger partial charge on any atom is -0.496 e. The number of nitrogens with zero attached hydrogens (tertiary/aromatic N) is 3. The lowest BCUT2D eigenvalue weighted by atomic mass is 9.75. The summed E-state index contributed by atoms with van der Waals surface area (Å²) >= 11 is 0. The lowest BCUT2D eigenvalue weighted by Gasteiger charge is -2.40. The molecule has 1 aromatic heterocycles. The average molecular weight is 465 g/mol. The van der Waals surface area contributed by atoms with Gasteiger partial charge in [-0.15, -0.1) is 0 Å². The number of benzene rings is 1. The standard InChI is InChI=1S/C26H32N4O4/c1-33-22-9-3-2-7-19(22)17-29-14-11-20(12-15-29)26(23-10-4-5-13-27-23)24(31)30(25(32)28-26)18-21-8-6-16-34-21/h2-5,7,9-10,13,20-21H,6,8,11-12,14-18H2,1H3,(H,28,32)/t21-,26+/m1/s1. The molecule has 1 N–H and O–H groups in total. The third-order valence-electron chi connectivity index (χ3n) is 7.40. The van der Waals surface area contributed by atoms with E-state index in [4.69, 9.17) is 9.47 Å². The van der Waals surface area contributed by atoms with Gasteiger partial charge < -0.3 is 14.8 Å². The molecule has 0 aliphatic carbocycles. The molecule has 3 saturated heterocycles. The molecule has 1 aromatic carbocycles. The molecule has 34 heavy (non-hydrogen) atoms. The predicted octanol–water partition coefficient (Wildman–Crippen LogP) is 2.93. The Morgan fingerprint density at radius 1 is 1.12 bits per heavy atom. The number of carbonyl (C=O) groups excluding carboxylic acids is 2. The zero-order valence-electron chi connectivity index (χ0n) is 19.6. The number of likely N-dealkylation sites (tertiary alicyclic amines) is 1. The van der Waals surface area contributed by atoms with Crippen LogP contribution in [-0.2, 0) is 21.6 Å². The summed E-state index contributed by atoms with van der Waals surface area (Å²) < 4.78 is 11.2. The zero-order chi connectivity index (χ0) is 23.5. The molecule has 0 radical (unpaired) electrons. The van der Waals surface area contributed by atoms with E-state index in [1.54, 1.807) is 13.3 Å². The van der Waals surface area contributed by atoms with Crippen LogP contribution in [0.3, 0.4) is 0 Å². The minimum atomic E-state index is -1.13. The summed E-state index contributed by atoms with van der Waals surface area (Å²) in [5.74, 6) is 0.648. The summed E-state index contributed by atoms with van der Waals surface area (Å²) in [5, 5.41) is 3.09. The molecule has 2 atom stereocenters. The predicted molar refractivity (Wildman–Crippen MR) is 126 cm³/mol. The van der Waals surface area contributed by atoms with E-state index >= 15 is 0 Å². The first kappa shape index (κ1) is 22.8. The highest BCUT2D eigenvalue weighted by Gasteiger charge is 2.58. The van der Waals surface area contributed by atoms with Gasteiger partial charge in [0.1, 0.15) is 5.75 Å². The number of pyridine rings is 1. The maximum absolute atomic E-state index is 13.9. The smallest absolute Gasteiger partial charge is 0.325 e. The summed E-state index contributed by atoms with van der Waals surface area (Å²) in [6.45, 7) is 3.42. The van der Waals surface area contributed by atoms with Crippen LogP contribution >= 0.6 is 0 Å². The first-order valence-corrected chi connectivity index (χ1v) is 12.1. The number of urea groups is 1. The molecule has 5 rings (SSSR count). The van der Waals surface area contributed by atoms with Gasteiger partial charge in [-0.05, 0) is 62.9 Å². The first-order valence-electron chi connectivity index (χ1n) is 12.1. The van der Waals surface area contributed by atoms with Gasteiger partial charge in [-0.2, -0.15) is 0 Å². The number of para-hydroxylation sites is 1. The van der Waals surface area contributed by atoms with Crippen LogP contribution in [-0.4, -0.2) is 66.2 Å². The third kappa shape index (κ3) is 4.16. The highest BCUT2D eigenvalue weighted by molar-refractivity contribution is 6.07. The van der Waals surface area contributed by atoms with Crippen LogP contribution in [0.2, 0.25) is 0 Å². The van der Waals surface area contributed by atoms with Crippen molar-refractivity contribution in [2.24, 2.45) is 5.92 Å². The molecule has 3 aliphatic heterocycles. The Kier molecular flexibility index (Phi) is 6.52. The summed E-state index contributed by atoms with van der Waals surface area (Å²) in [6, 6.07) is 13.3. The highest BCUT2D eigenvalue weighted by Crippen LogP contribution is 2.41. The van der Waals surface area contributed by atoms with Crippen LogP contribution in [0.1, 0.15) is 36.9 Å². The molecule has 2 aromatic rings. The lowest BCUT2D eigenvalue weighted by Crippen LogP contribution is -2.54. The van der Waals surface area contributed by atoms with Crippen molar-refractivity contribution in [2.75, 3.05) is 33.4 Å². The van der Waals surface area contributed by atoms with E-state index in [2.05, 4.69) is 21.3 Å². The number of amides is 3. The van der Waals surface area contributed by atoms with E-state index < -0.39 is 5.54 Å². The number of piperidine rings is 1. The van der Waals surface area contributed by atoms with Crippen molar-refractivity contribution < 1.29 is 19.1 Å². The number of aromatic nitrogens is 1. The quantitative estimate of drug-likeness (QED) is 0.635. The largest absolute Gasteiger partial charge is 0.496 e. The van der Waals surface area contributed by atoms with E-state index in [1.165, 1.54) is 4.90 Å². The van der Waals surface area contributed by atoms with E-state index in [9.17, 15) is 9.59 Å². The number of hydrogen-bond acceptors (Lipinski definition) is 6. The Bertz CT molecular complexity index is 1020. The van der Waals surface area contributed by atoms with Gasteiger partial charge in [0.25, 0.3) is 5.91 Å². The van der Waals surface area contributed by atoms with Gasteiger partial charge in [0.05, 0.1) is 25.5 Å². The molecule has 8 nitrogen and oxygen atoms in total. The highest BCUT2D eigenvalue weighted by atomic mass is 16.5. The maximum Gasteiger partial charge on any atom is 0.325 e. The second kappa shape index (κ2) is 9.72. The van der Waals surface area contributed by atoms with Crippen LogP contribution < -0.4 is 10.1 Å². The fourth-order valence-electron chi connectivity index (χ4n) is 5.61. The van der Waals surface area contributed by atoms with Crippen molar-refractivity contribution in [1.82, 2.24) is 20.1 Å². The molecular weight excluding hydrogens is 432 g/mol. The van der Waals surface area contributed by atoms with Gasteiger partial charge in [0.15, 0.2) is 5.54 Å². The second-order valence-electron chi connectivity index (χ2n) is 9.37. The van der Waals surface area contributed by atoms with Gasteiger partial charge in [0.2, 0.25) is 0 Å². The number of nitrogens with one attached hydrogen (secondary N) is 1. The Hall–Kier alpha value is -2.97. The molecule has 0 unspecified atom stereocenters. The lowest BCUT2D eigenvalue weighted by molar-refractivity contribution is -0.135. The molecule has 4 heterocycles. The SMILES string of the molecule is COc1ccccc1CN1CCC([C@@]2(c3ccccn3)NC(=O)N(C[C@H]3CCCO3)C2=O)CC1. The number of methoxy groups -OCH3 is 1. The molecule has 3 aliphatic rings. The average Bonchev–Trinajstić information content (AvgIpc) is 3.48. The summed E-state index contributed by atoms with van der Waals surface area (Å²) in [6.07, 6.45) is 5.00. The normalized spacial score (nSPS) is 26.1. The van der Waals surface area contributed by atoms with Crippen LogP contribution in [0.5, 0.6) is 5.75 Å². The van der Waals surface area contributed by atoms with Crippen LogP contribution in [0.25, 0.3) is 0 Å². The summed E-state index contributed by atoms with van der Waals surface area (Å²) in [7, 11) is 1.69. The van der Waals surface area contributed by atoms with E-state index in [-0.39, 0.29) is 24.0 Å². The van der Waals surface area contributed by atoms with E-state index in [0.29, 0.717) is 18.8 Å². The van der Waals surface area contributed by atoms with Gasteiger partial charge >= 0.3 is 6.03 Å². The van der Waals surface area contributed by atoms with Crippen molar-refractivity contribution in [1.29, 1.82) is 0 Å². The van der Waals surface area contributed by atoms with E-state index in [0.717, 1.165) is 56.6 Å². The van der Waals surface area contributed by atoms with Crippen LogP contribution in [0.4, 0.5) is 4.79 Å². The maximum atomic E-state index is 13.9. The number of rotatable bonds is 7.